The summed E-state index contributed by atoms with van der Waals surface area (Å²) in [6.07, 6.45) is 6.56. The van der Waals surface area contributed by atoms with Crippen molar-refractivity contribution in [3.8, 4) is 0 Å². The lowest BCUT2D eigenvalue weighted by molar-refractivity contribution is -0.156. The standard InChI is InChI=1S/C18H27N3O2/c1-2-8-19-17(3-1)20-9-4-15-5-12-23-18(15)13-21(14-18)16-6-10-22-11-7-16/h1-3,8,15-16H,4-7,9-14H2,(H,19,20)/t15-/m0/s1. The van der Waals surface area contributed by atoms with Crippen LogP contribution in [0.5, 0.6) is 0 Å². The van der Waals surface area contributed by atoms with Gasteiger partial charge in [0.25, 0.3) is 0 Å². The molecule has 1 N–H and O–H groups in total. The van der Waals surface area contributed by atoms with Gasteiger partial charge in [-0.25, -0.2) is 4.98 Å². The van der Waals surface area contributed by atoms with E-state index >= 15 is 0 Å². The number of hydrogen-bond donors (Lipinski definition) is 1. The lowest BCUT2D eigenvalue weighted by Crippen LogP contribution is -2.67. The van der Waals surface area contributed by atoms with E-state index < -0.39 is 0 Å². The van der Waals surface area contributed by atoms with Crippen LogP contribution in [0.15, 0.2) is 24.4 Å². The van der Waals surface area contributed by atoms with Crippen molar-refractivity contribution in [2.24, 2.45) is 5.92 Å². The Hall–Kier alpha value is -1.17. The monoisotopic (exact) mass is 317 g/mol. The van der Waals surface area contributed by atoms with Crippen LogP contribution in [0.3, 0.4) is 0 Å². The van der Waals surface area contributed by atoms with Gasteiger partial charge in [0, 0.05) is 51.7 Å². The molecule has 1 spiro atoms. The van der Waals surface area contributed by atoms with Crippen LogP contribution in [-0.2, 0) is 9.47 Å². The number of likely N-dealkylation sites (tertiary alicyclic amines) is 1. The number of nitrogens with zero attached hydrogens (tertiary/aromatic N) is 2. The van der Waals surface area contributed by atoms with Gasteiger partial charge in [0.2, 0.25) is 0 Å². The summed E-state index contributed by atoms with van der Waals surface area (Å²) in [5, 5.41) is 3.44. The normalized spacial score (nSPS) is 27.9. The van der Waals surface area contributed by atoms with E-state index in [2.05, 4.69) is 15.2 Å². The summed E-state index contributed by atoms with van der Waals surface area (Å²) in [7, 11) is 0. The molecule has 0 aliphatic carbocycles. The SMILES string of the molecule is c1ccc(NCC[C@H]2CCOC23CN(C2CCOCC2)C3)nc1. The maximum absolute atomic E-state index is 6.20. The second-order valence-electron chi connectivity index (χ2n) is 7.08. The molecule has 3 aliphatic heterocycles. The van der Waals surface area contributed by atoms with Crippen molar-refractivity contribution >= 4 is 5.82 Å². The van der Waals surface area contributed by atoms with Gasteiger partial charge in [0.15, 0.2) is 0 Å². The van der Waals surface area contributed by atoms with E-state index in [-0.39, 0.29) is 5.60 Å². The second-order valence-corrected chi connectivity index (χ2v) is 7.08. The van der Waals surface area contributed by atoms with Crippen molar-refractivity contribution in [1.29, 1.82) is 0 Å². The van der Waals surface area contributed by atoms with Crippen LogP contribution < -0.4 is 5.32 Å². The molecule has 0 saturated carbocycles. The van der Waals surface area contributed by atoms with Crippen molar-refractivity contribution in [2.75, 3.05) is 44.8 Å². The minimum atomic E-state index is 0.129. The highest BCUT2D eigenvalue weighted by Crippen LogP contribution is 2.43. The molecule has 3 saturated heterocycles. The molecule has 4 heterocycles. The molecule has 23 heavy (non-hydrogen) atoms. The Kier molecular flexibility index (Phi) is 4.51. The first-order chi connectivity index (χ1) is 11.4. The molecule has 126 valence electrons. The fourth-order valence-electron chi connectivity index (χ4n) is 4.33. The molecule has 5 heteroatoms. The van der Waals surface area contributed by atoms with Crippen LogP contribution in [0, 0.1) is 5.92 Å². The first kappa shape index (κ1) is 15.4. The van der Waals surface area contributed by atoms with E-state index in [0.29, 0.717) is 12.0 Å². The smallest absolute Gasteiger partial charge is 0.125 e. The zero-order valence-electron chi connectivity index (χ0n) is 13.7. The summed E-state index contributed by atoms with van der Waals surface area (Å²) >= 11 is 0. The molecule has 3 fully saturated rings. The Bertz CT molecular complexity index is 498. The molecule has 0 radical (unpaired) electrons. The van der Waals surface area contributed by atoms with Crippen molar-refractivity contribution in [3.63, 3.8) is 0 Å². The first-order valence-corrected chi connectivity index (χ1v) is 8.96. The van der Waals surface area contributed by atoms with Crippen LogP contribution in [0.1, 0.15) is 25.7 Å². The van der Waals surface area contributed by atoms with Gasteiger partial charge in [-0.05, 0) is 43.7 Å². The van der Waals surface area contributed by atoms with Gasteiger partial charge in [0.05, 0.1) is 5.60 Å². The fraction of sp³-hybridized carbons (Fsp3) is 0.722. The zero-order chi connectivity index (χ0) is 15.5. The van der Waals surface area contributed by atoms with Crippen molar-refractivity contribution in [1.82, 2.24) is 9.88 Å². The van der Waals surface area contributed by atoms with Gasteiger partial charge >= 0.3 is 0 Å². The number of pyridine rings is 1. The summed E-state index contributed by atoms with van der Waals surface area (Å²) < 4.78 is 11.7. The largest absolute Gasteiger partial charge is 0.381 e. The quantitative estimate of drug-likeness (QED) is 0.902. The number of aromatic nitrogens is 1. The van der Waals surface area contributed by atoms with Gasteiger partial charge in [-0.2, -0.15) is 0 Å². The average Bonchev–Trinajstić information content (AvgIpc) is 2.99. The Balaban J connectivity index is 1.26. The molecular weight excluding hydrogens is 290 g/mol. The topological polar surface area (TPSA) is 46.6 Å². The summed E-state index contributed by atoms with van der Waals surface area (Å²) in [4.78, 5) is 6.94. The van der Waals surface area contributed by atoms with Crippen molar-refractivity contribution < 1.29 is 9.47 Å². The molecular formula is C18H27N3O2. The predicted molar refractivity (Wildman–Crippen MR) is 89.5 cm³/mol. The van der Waals surface area contributed by atoms with Crippen LogP contribution in [0.2, 0.25) is 0 Å². The van der Waals surface area contributed by atoms with E-state index in [1.165, 1.54) is 19.3 Å². The van der Waals surface area contributed by atoms with Crippen LogP contribution in [-0.4, -0.2) is 61.0 Å². The molecule has 4 rings (SSSR count). The van der Waals surface area contributed by atoms with E-state index in [0.717, 1.165) is 51.7 Å². The third-order valence-corrected chi connectivity index (χ3v) is 5.71. The van der Waals surface area contributed by atoms with Crippen molar-refractivity contribution in [3.05, 3.63) is 24.4 Å². The summed E-state index contributed by atoms with van der Waals surface area (Å²) in [5.74, 6) is 1.65. The van der Waals surface area contributed by atoms with E-state index in [1.54, 1.807) is 0 Å². The Labute approximate surface area is 138 Å². The van der Waals surface area contributed by atoms with Gasteiger partial charge < -0.3 is 14.8 Å². The minimum absolute atomic E-state index is 0.129. The highest BCUT2D eigenvalue weighted by molar-refractivity contribution is 5.32. The molecule has 3 aliphatic rings. The van der Waals surface area contributed by atoms with Gasteiger partial charge in [-0.15, -0.1) is 0 Å². The molecule has 1 aromatic heterocycles. The van der Waals surface area contributed by atoms with E-state index in [9.17, 15) is 0 Å². The Morgan fingerprint density at radius 2 is 2.04 bits per heavy atom. The number of ether oxygens (including phenoxy) is 2. The van der Waals surface area contributed by atoms with Crippen LogP contribution in [0.4, 0.5) is 5.82 Å². The Morgan fingerprint density at radius 3 is 2.83 bits per heavy atom. The highest BCUT2D eigenvalue weighted by atomic mass is 16.5. The third-order valence-electron chi connectivity index (χ3n) is 5.71. The van der Waals surface area contributed by atoms with Crippen LogP contribution in [0.25, 0.3) is 0 Å². The summed E-state index contributed by atoms with van der Waals surface area (Å²) in [6.45, 7) is 5.98. The maximum Gasteiger partial charge on any atom is 0.125 e. The van der Waals surface area contributed by atoms with Crippen molar-refractivity contribution in [2.45, 2.75) is 37.3 Å². The number of hydrogen-bond acceptors (Lipinski definition) is 5. The number of anilines is 1. The molecule has 0 amide bonds. The van der Waals surface area contributed by atoms with Gasteiger partial charge in [-0.3, -0.25) is 4.90 Å². The van der Waals surface area contributed by atoms with Gasteiger partial charge in [-0.1, -0.05) is 6.07 Å². The molecule has 1 atom stereocenters. The predicted octanol–water partition coefficient (Wildman–Crippen LogP) is 2.15. The number of rotatable bonds is 5. The molecule has 5 nitrogen and oxygen atoms in total. The highest BCUT2D eigenvalue weighted by Gasteiger charge is 2.53. The molecule has 1 aromatic rings. The van der Waals surface area contributed by atoms with Crippen LogP contribution >= 0.6 is 0 Å². The summed E-state index contributed by atoms with van der Waals surface area (Å²) in [6, 6.07) is 6.71. The molecule has 0 aromatic carbocycles. The van der Waals surface area contributed by atoms with Gasteiger partial charge in [0.1, 0.15) is 5.82 Å². The van der Waals surface area contributed by atoms with E-state index in [4.69, 9.17) is 9.47 Å². The maximum atomic E-state index is 6.20. The minimum Gasteiger partial charge on any atom is -0.381 e. The van der Waals surface area contributed by atoms with E-state index in [1.807, 2.05) is 24.4 Å². The summed E-state index contributed by atoms with van der Waals surface area (Å²) in [5.41, 5.74) is 0.129. The molecule has 0 unspecified atom stereocenters. The average molecular weight is 317 g/mol. The number of nitrogens with one attached hydrogen (secondary N) is 1. The Morgan fingerprint density at radius 1 is 1.17 bits per heavy atom. The molecule has 0 bridgehead atoms. The third kappa shape index (κ3) is 3.23. The first-order valence-electron chi connectivity index (χ1n) is 8.96. The second kappa shape index (κ2) is 6.75. The lowest BCUT2D eigenvalue weighted by Gasteiger charge is -2.54. The zero-order valence-corrected chi connectivity index (χ0v) is 13.7. The lowest BCUT2D eigenvalue weighted by atomic mass is 9.77. The fourth-order valence-corrected chi connectivity index (χ4v) is 4.33.